The first kappa shape index (κ1) is 15.1. The average molecular weight is 285 g/mol. The quantitative estimate of drug-likeness (QED) is 0.793. The molecule has 1 heteroatoms. The Morgan fingerprint density at radius 1 is 1.05 bits per heavy atom. The lowest BCUT2D eigenvalue weighted by Crippen LogP contribution is -2.41. The molecule has 1 unspecified atom stereocenters. The first-order valence-electron chi connectivity index (χ1n) is 9.06. The van der Waals surface area contributed by atoms with Crippen LogP contribution in [0.15, 0.2) is 30.3 Å². The molecule has 0 saturated heterocycles. The van der Waals surface area contributed by atoms with E-state index in [0.29, 0.717) is 6.04 Å². The number of rotatable bonds is 5. The highest BCUT2D eigenvalue weighted by Gasteiger charge is 2.37. The highest BCUT2D eigenvalue weighted by molar-refractivity contribution is 5.14. The van der Waals surface area contributed by atoms with Gasteiger partial charge in [-0.15, -0.1) is 0 Å². The maximum Gasteiger partial charge on any atom is 0.00699 e. The molecular weight excluding hydrogens is 254 g/mol. The third-order valence-corrected chi connectivity index (χ3v) is 5.94. The second-order valence-corrected chi connectivity index (χ2v) is 7.57. The van der Waals surface area contributed by atoms with Gasteiger partial charge in [0, 0.05) is 12.1 Å². The van der Waals surface area contributed by atoms with E-state index in [0.717, 1.165) is 11.5 Å². The highest BCUT2D eigenvalue weighted by atomic mass is 14.9. The number of hydrogen-bond acceptors (Lipinski definition) is 1. The van der Waals surface area contributed by atoms with Crippen molar-refractivity contribution in [3.8, 4) is 0 Å². The molecule has 0 heterocycles. The van der Waals surface area contributed by atoms with Crippen molar-refractivity contribution in [2.24, 2.45) is 5.41 Å². The van der Waals surface area contributed by atoms with Crippen LogP contribution in [0, 0.1) is 5.41 Å². The molecule has 0 radical (unpaired) electrons. The van der Waals surface area contributed by atoms with Crippen LogP contribution in [-0.2, 0) is 6.42 Å². The minimum atomic E-state index is 0.646. The van der Waals surface area contributed by atoms with Gasteiger partial charge in [-0.05, 0) is 69.3 Å². The van der Waals surface area contributed by atoms with Gasteiger partial charge in [-0.25, -0.2) is 0 Å². The second-order valence-electron chi connectivity index (χ2n) is 7.57. The third-order valence-electron chi connectivity index (χ3n) is 5.94. The fourth-order valence-corrected chi connectivity index (χ4v) is 4.54. The van der Waals surface area contributed by atoms with Gasteiger partial charge in [0.05, 0.1) is 0 Å². The van der Waals surface area contributed by atoms with Crippen LogP contribution >= 0.6 is 0 Å². The minimum Gasteiger partial charge on any atom is -0.311 e. The zero-order valence-corrected chi connectivity index (χ0v) is 13.6. The molecule has 0 aliphatic heterocycles. The van der Waals surface area contributed by atoms with Crippen LogP contribution in [0.4, 0.5) is 0 Å². The largest absolute Gasteiger partial charge is 0.311 e. The second kappa shape index (κ2) is 6.96. The summed E-state index contributed by atoms with van der Waals surface area (Å²) in [7, 11) is 0. The molecule has 0 bridgehead atoms. The molecule has 2 saturated carbocycles. The van der Waals surface area contributed by atoms with Crippen molar-refractivity contribution in [1.82, 2.24) is 5.32 Å². The predicted molar refractivity (Wildman–Crippen MR) is 90.5 cm³/mol. The predicted octanol–water partition coefficient (Wildman–Crippen LogP) is 5.10. The van der Waals surface area contributed by atoms with E-state index >= 15 is 0 Å². The van der Waals surface area contributed by atoms with E-state index in [1.807, 2.05) is 0 Å². The molecule has 1 spiro atoms. The summed E-state index contributed by atoms with van der Waals surface area (Å²) >= 11 is 0. The zero-order chi connectivity index (χ0) is 14.5. The maximum atomic E-state index is 3.90. The molecule has 21 heavy (non-hydrogen) atoms. The lowest BCUT2D eigenvalue weighted by Gasteiger charge is -2.38. The topological polar surface area (TPSA) is 12.0 Å². The Balaban J connectivity index is 1.38. The van der Waals surface area contributed by atoms with E-state index < -0.39 is 0 Å². The van der Waals surface area contributed by atoms with Crippen molar-refractivity contribution in [2.75, 3.05) is 0 Å². The molecule has 1 aromatic rings. The Bertz CT molecular complexity index is 409. The zero-order valence-electron chi connectivity index (χ0n) is 13.6. The number of aryl methyl sites for hydroxylation is 1. The summed E-state index contributed by atoms with van der Waals surface area (Å²) in [6, 6.07) is 12.3. The van der Waals surface area contributed by atoms with Crippen molar-refractivity contribution < 1.29 is 0 Å². The van der Waals surface area contributed by atoms with Gasteiger partial charge in [0.1, 0.15) is 0 Å². The highest BCUT2D eigenvalue weighted by Crippen LogP contribution is 2.48. The number of hydrogen-bond donors (Lipinski definition) is 1. The summed E-state index contributed by atoms with van der Waals surface area (Å²) < 4.78 is 0. The summed E-state index contributed by atoms with van der Waals surface area (Å²) in [4.78, 5) is 0. The normalized spacial score (nSPS) is 23.5. The standard InChI is InChI=1S/C20H31N/c1-17(9-10-18-7-3-2-4-8-18)21-19-11-15-20(16-12-19)13-5-6-14-20/h2-4,7-8,17,19,21H,5-6,9-16H2,1H3. The summed E-state index contributed by atoms with van der Waals surface area (Å²) in [5.74, 6) is 0. The van der Waals surface area contributed by atoms with E-state index in [1.54, 1.807) is 0 Å². The van der Waals surface area contributed by atoms with E-state index in [4.69, 9.17) is 0 Å². The summed E-state index contributed by atoms with van der Waals surface area (Å²) in [6.45, 7) is 2.36. The molecule has 2 aliphatic carbocycles. The molecule has 1 atom stereocenters. The van der Waals surface area contributed by atoms with Gasteiger partial charge in [0.2, 0.25) is 0 Å². The number of nitrogens with one attached hydrogen (secondary N) is 1. The van der Waals surface area contributed by atoms with Crippen molar-refractivity contribution in [1.29, 1.82) is 0 Å². The molecule has 1 N–H and O–H groups in total. The fraction of sp³-hybridized carbons (Fsp3) is 0.700. The first-order valence-corrected chi connectivity index (χ1v) is 9.06. The van der Waals surface area contributed by atoms with Gasteiger partial charge in [0.15, 0.2) is 0 Å². The summed E-state index contributed by atoms with van der Waals surface area (Å²) in [6.07, 6.45) is 14.3. The maximum absolute atomic E-state index is 3.90. The van der Waals surface area contributed by atoms with E-state index in [9.17, 15) is 0 Å². The van der Waals surface area contributed by atoms with Crippen LogP contribution in [0.1, 0.15) is 70.3 Å². The minimum absolute atomic E-state index is 0.646. The van der Waals surface area contributed by atoms with E-state index in [-0.39, 0.29) is 0 Å². The van der Waals surface area contributed by atoms with Crippen LogP contribution in [-0.4, -0.2) is 12.1 Å². The average Bonchev–Trinajstić information content (AvgIpc) is 2.97. The molecule has 116 valence electrons. The Hall–Kier alpha value is -0.820. The Morgan fingerprint density at radius 3 is 2.38 bits per heavy atom. The molecule has 2 fully saturated rings. The van der Waals surface area contributed by atoms with Crippen LogP contribution in [0.3, 0.4) is 0 Å². The van der Waals surface area contributed by atoms with E-state index in [2.05, 4.69) is 42.6 Å². The Labute approximate surface area is 130 Å². The lowest BCUT2D eigenvalue weighted by molar-refractivity contribution is 0.163. The van der Waals surface area contributed by atoms with Gasteiger partial charge < -0.3 is 5.32 Å². The van der Waals surface area contributed by atoms with Crippen LogP contribution in [0.25, 0.3) is 0 Å². The smallest absolute Gasteiger partial charge is 0.00699 e. The van der Waals surface area contributed by atoms with Crippen LogP contribution in [0.2, 0.25) is 0 Å². The van der Waals surface area contributed by atoms with E-state index in [1.165, 1.54) is 69.8 Å². The van der Waals surface area contributed by atoms with Crippen molar-refractivity contribution >= 4 is 0 Å². The molecule has 0 amide bonds. The third kappa shape index (κ3) is 4.10. The van der Waals surface area contributed by atoms with Crippen molar-refractivity contribution in [3.63, 3.8) is 0 Å². The Kier molecular flexibility index (Phi) is 5.00. The summed E-state index contributed by atoms with van der Waals surface area (Å²) in [5.41, 5.74) is 2.24. The monoisotopic (exact) mass is 285 g/mol. The molecule has 3 rings (SSSR count). The van der Waals surface area contributed by atoms with Crippen LogP contribution in [0.5, 0.6) is 0 Å². The molecule has 1 nitrogen and oxygen atoms in total. The SMILES string of the molecule is CC(CCc1ccccc1)NC1CCC2(CCCC2)CC1. The van der Waals surface area contributed by atoms with Crippen molar-refractivity contribution in [3.05, 3.63) is 35.9 Å². The summed E-state index contributed by atoms with van der Waals surface area (Å²) in [5, 5.41) is 3.90. The molecule has 2 aliphatic rings. The van der Waals surface area contributed by atoms with Gasteiger partial charge in [-0.1, -0.05) is 43.2 Å². The van der Waals surface area contributed by atoms with Gasteiger partial charge in [-0.2, -0.15) is 0 Å². The van der Waals surface area contributed by atoms with Gasteiger partial charge in [-0.3, -0.25) is 0 Å². The first-order chi connectivity index (χ1) is 10.3. The van der Waals surface area contributed by atoms with Crippen molar-refractivity contribution in [2.45, 2.75) is 83.2 Å². The molecule has 1 aromatic carbocycles. The Morgan fingerprint density at radius 2 is 1.71 bits per heavy atom. The number of benzene rings is 1. The molecule has 0 aromatic heterocycles. The fourth-order valence-electron chi connectivity index (χ4n) is 4.54. The molecular formula is C20H31N. The lowest BCUT2D eigenvalue weighted by atomic mass is 9.71. The van der Waals surface area contributed by atoms with Crippen LogP contribution < -0.4 is 5.32 Å². The van der Waals surface area contributed by atoms with Gasteiger partial charge in [0.25, 0.3) is 0 Å². The van der Waals surface area contributed by atoms with Gasteiger partial charge >= 0.3 is 0 Å².